The Morgan fingerprint density at radius 1 is 0.692 bits per heavy atom. The van der Waals surface area contributed by atoms with E-state index < -0.39 is 0 Å². The van der Waals surface area contributed by atoms with Crippen molar-refractivity contribution in [2.24, 2.45) is 0 Å². The van der Waals surface area contributed by atoms with Crippen molar-refractivity contribution in [1.29, 1.82) is 0 Å². The number of carbonyl (C=O) groups excluding carboxylic acids is 4. The molecule has 5 rings (SSSR count). The molecule has 0 spiro atoms. The minimum Gasteiger partial charge on any atom is -0.457 e. The van der Waals surface area contributed by atoms with Gasteiger partial charge >= 0.3 is 0 Å². The number of nitrogens with zero attached hydrogens (tertiary/aromatic N) is 2. The third-order valence-electron chi connectivity index (χ3n) is 6.70. The van der Waals surface area contributed by atoms with Gasteiger partial charge in [0.1, 0.15) is 11.5 Å². The summed E-state index contributed by atoms with van der Waals surface area (Å²) in [7, 11) is 0. The Balaban J connectivity index is 1.64. The molecule has 0 saturated heterocycles. The van der Waals surface area contributed by atoms with Crippen molar-refractivity contribution in [1.82, 2.24) is 15.1 Å². The zero-order chi connectivity index (χ0) is 28.0. The standard InChI is InChI=1S/C30H40N4O5/c1-23(35)33-19-7-5-3-4-6-8-20-34(24(2)36)22-30(38)32-26-11-15-28(16-12-26)39-27-13-9-25(10-14-27)17-18-31-29(37)21-33/h9-16H,3-8,17-22H2,1-2H3,(H,31,37)(H,32,38). The van der Waals surface area contributed by atoms with E-state index in [9.17, 15) is 19.2 Å². The van der Waals surface area contributed by atoms with E-state index in [1.54, 1.807) is 34.1 Å². The molecule has 210 valence electrons. The number of carbonyl (C=O) groups is 4. The molecule has 0 aliphatic carbocycles. The van der Waals surface area contributed by atoms with E-state index in [0.717, 1.165) is 44.1 Å². The van der Waals surface area contributed by atoms with Crippen LogP contribution in [0, 0.1) is 0 Å². The average Bonchev–Trinajstić information content (AvgIpc) is 2.90. The van der Waals surface area contributed by atoms with Gasteiger partial charge in [-0.3, -0.25) is 19.2 Å². The number of benzene rings is 2. The molecule has 4 bridgehead atoms. The second-order valence-corrected chi connectivity index (χ2v) is 9.92. The monoisotopic (exact) mass is 536 g/mol. The molecule has 4 amide bonds. The molecule has 3 heterocycles. The van der Waals surface area contributed by atoms with Gasteiger partial charge in [-0.2, -0.15) is 0 Å². The SMILES string of the molecule is CC(=O)N1CCCCCCCCN(C(C)=O)CC(=O)Nc2ccc(cc2)Oc2ccc(cc2)CCNC(=O)C1. The summed E-state index contributed by atoms with van der Waals surface area (Å²) in [6.45, 7) is 4.62. The highest BCUT2D eigenvalue weighted by molar-refractivity contribution is 5.94. The highest BCUT2D eigenvalue weighted by Gasteiger charge is 2.15. The van der Waals surface area contributed by atoms with Crippen LogP contribution in [0.5, 0.6) is 11.5 Å². The van der Waals surface area contributed by atoms with Crippen LogP contribution in [0.2, 0.25) is 0 Å². The van der Waals surface area contributed by atoms with Crippen molar-refractivity contribution < 1.29 is 23.9 Å². The lowest BCUT2D eigenvalue weighted by Crippen LogP contribution is -2.40. The Labute approximate surface area is 230 Å². The Bertz CT molecular complexity index is 1100. The van der Waals surface area contributed by atoms with Crippen molar-refractivity contribution in [3.8, 4) is 11.5 Å². The molecular weight excluding hydrogens is 496 g/mol. The van der Waals surface area contributed by atoms with Gasteiger partial charge in [0.05, 0.1) is 13.1 Å². The molecule has 0 unspecified atom stereocenters. The molecule has 2 N–H and O–H groups in total. The molecule has 0 atom stereocenters. The van der Waals surface area contributed by atoms with Gasteiger partial charge in [0.15, 0.2) is 0 Å². The summed E-state index contributed by atoms with van der Waals surface area (Å²) in [6.07, 6.45) is 6.25. The van der Waals surface area contributed by atoms with E-state index in [2.05, 4.69) is 10.6 Å². The molecule has 9 heteroatoms. The average molecular weight is 537 g/mol. The summed E-state index contributed by atoms with van der Waals surface area (Å²) in [6, 6.07) is 14.7. The molecule has 3 aliphatic rings. The van der Waals surface area contributed by atoms with E-state index in [1.807, 2.05) is 24.3 Å². The molecule has 2 aromatic carbocycles. The van der Waals surface area contributed by atoms with Crippen molar-refractivity contribution in [3.05, 3.63) is 54.1 Å². The van der Waals surface area contributed by atoms with Gasteiger partial charge in [-0.25, -0.2) is 0 Å². The first-order chi connectivity index (χ1) is 18.8. The summed E-state index contributed by atoms with van der Waals surface area (Å²) in [5.74, 6) is 0.672. The number of rotatable bonds is 0. The van der Waals surface area contributed by atoms with E-state index in [0.29, 0.717) is 43.2 Å². The predicted octanol–water partition coefficient (Wildman–Crippen LogP) is 4.13. The lowest BCUT2D eigenvalue weighted by atomic mass is 10.1. The maximum Gasteiger partial charge on any atom is 0.243 e. The first-order valence-electron chi connectivity index (χ1n) is 13.7. The van der Waals surface area contributed by atoms with E-state index >= 15 is 0 Å². The number of amides is 4. The summed E-state index contributed by atoms with van der Waals surface area (Å²) < 4.78 is 5.91. The third kappa shape index (κ3) is 10.8. The minimum atomic E-state index is -0.241. The number of ether oxygens (including phenoxy) is 1. The second-order valence-electron chi connectivity index (χ2n) is 9.92. The molecule has 2 aromatic rings. The van der Waals surface area contributed by atoms with Gasteiger partial charge in [0.2, 0.25) is 23.6 Å². The molecule has 39 heavy (non-hydrogen) atoms. The van der Waals surface area contributed by atoms with Crippen LogP contribution >= 0.6 is 0 Å². The Hall–Kier alpha value is -3.88. The Morgan fingerprint density at radius 2 is 1.18 bits per heavy atom. The fourth-order valence-electron chi connectivity index (χ4n) is 4.42. The fourth-order valence-corrected chi connectivity index (χ4v) is 4.42. The van der Waals surface area contributed by atoms with Gasteiger partial charge in [0.25, 0.3) is 0 Å². The maximum atomic E-state index is 12.6. The first kappa shape index (κ1) is 29.7. The topological polar surface area (TPSA) is 108 Å². The van der Waals surface area contributed by atoms with Crippen LogP contribution in [0.15, 0.2) is 48.5 Å². The summed E-state index contributed by atoms with van der Waals surface area (Å²) >= 11 is 0. The number of nitrogens with one attached hydrogen (secondary N) is 2. The van der Waals surface area contributed by atoms with Crippen LogP contribution in [0.4, 0.5) is 5.69 Å². The van der Waals surface area contributed by atoms with Crippen LogP contribution < -0.4 is 15.4 Å². The lowest BCUT2D eigenvalue weighted by Gasteiger charge is -2.21. The Kier molecular flexibility index (Phi) is 11.8. The van der Waals surface area contributed by atoms with Gasteiger partial charge in [0, 0.05) is 39.2 Å². The highest BCUT2D eigenvalue weighted by Crippen LogP contribution is 2.23. The van der Waals surface area contributed by atoms with E-state index in [4.69, 9.17) is 4.74 Å². The molecule has 0 saturated carbocycles. The quantitative estimate of drug-likeness (QED) is 0.527. The minimum absolute atomic E-state index is 0.00833. The highest BCUT2D eigenvalue weighted by atomic mass is 16.5. The van der Waals surface area contributed by atoms with Crippen LogP contribution in [-0.2, 0) is 25.6 Å². The lowest BCUT2D eigenvalue weighted by molar-refractivity contribution is -0.134. The molecule has 0 fully saturated rings. The number of hydrogen-bond donors (Lipinski definition) is 2. The van der Waals surface area contributed by atoms with Gasteiger partial charge in [-0.1, -0.05) is 37.8 Å². The largest absolute Gasteiger partial charge is 0.457 e. The van der Waals surface area contributed by atoms with Crippen molar-refractivity contribution >= 4 is 29.3 Å². The van der Waals surface area contributed by atoms with Crippen molar-refractivity contribution in [2.45, 2.75) is 58.8 Å². The molecule has 0 radical (unpaired) electrons. The zero-order valence-corrected chi connectivity index (χ0v) is 23.0. The number of anilines is 1. The number of fused-ring (bicyclic) bond motifs is 2. The van der Waals surface area contributed by atoms with Crippen molar-refractivity contribution in [3.63, 3.8) is 0 Å². The summed E-state index contributed by atoms with van der Waals surface area (Å²) in [5, 5.41) is 5.76. The molecule has 0 aromatic heterocycles. The predicted molar refractivity (Wildman–Crippen MR) is 151 cm³/mol. The second kappa shape index (κ2) is 15.5. The van der Waals surface area contributed by atoms with Gasteiger partial charge in [-0.05, 0) is 61.2 Å². The van der Waals surface area contributed by atoms with Crippen molar-refractivity contribution in [2.75, 3.05) is 38.0 Å². The zero-order valence-electron chi connectivity index (χ0n) is 23.0. The van der Waals surface area contributed by atoms with E-state index in [1.165, 1.54) is 13.8 Å². The Morgan fingerprint density at radius 3 is 1.72 bits per heavy atom. The van der Waals surface area contributed by atoms with Crippen LogP contribution in [-0.4, -0.2) is 66.2 Å². The van der Waals surface area contributed by atoms with Crippen LogP contribution in [0.1, 0.15) is 57.9 Å². The smallest absolute Gasteiger partial charge is 0.243 e. The van der Waals surface area contributed by atoms with Crippen LogP contribution in [0.3, 0.4) is 0 Å². The first-order valence-corrected chi connectivity index (χ1v) is 13.7. The van der Waals surface area contributed by atoms with Gasteiger partial charge < -0.3 is 25.2 Å². The van der Waals surface area contributed by atoms with Gasteiger partial charge in [-0.15, -0.1) is 0 Å². The third-order valence-corrected chi connectivity index (χ3v) is 6.70. The molecular formula is C30H40N4O5. The summed E-state index contributed by atoms with van der Waals surface area (Å²) in [4.78, 5) is 52.2. The fraction of sp³-hybridized carbons (Fsp3) is 0.467. The summed E-state index contributed by atoms with van der Waals surface area (Å²) in [5.41, 5.74) is 1.69. The molecule has 9 nitrogen and oxygen atoms in total. The number of hydrogen-bond acceptors (Lipinski definition) is 5. The maximum absolute atomic E-state index is 12.6. The normalized spacial score (nSPS) is 17.1. The molecule has 3 aliphatic heterocycles. The van der Waals surface area contributed by atoms with E-state index in [-0.39, 0.29) is 36.7 Å². The van der Waals surface area contributed by atoms with Crippen LogP contribution in [0.25, 0.3) is 0 Å².